The molecule has 0 spiro atoms. The van der Waals surface area contributed by atoms with Gasteiger partial charge in [-0.2, -0.15) is 0 Å². The van der Waals surface area contributed by atoms with Crippen LogP contribution in [0.4, 0.5) is 0 Å². The number of nitrogens with one attached hydrogen (secondary N) is 2. The first-order chi connectivity index (χ1) is 14.7. The molecule has 0 saturated carbocycles. The van der Waals surface area contributed by atoms with Crippen LogP contribution in [0.1, 0.15) is 47.1 Å². The Morgan fingerprint density at radius 3 is 2.63 bits per heavy atom. The lowest BCUT2D eigenvalue weighted by Gasteiger charge is -2.27. The Balaban J connectivity index is 1.22. The summed E-state index contributed by atoms with van der Waals surface area (Å²) in [5.74, 6) is 2.60. The lowest BCUT2D eigenvalue weighted by atomic mass is 9.96. The Morgan fingerprint density at radius 1 is 1.07 bits per heavy atom. The van der Waals surface area contributed by atoms with Crippen LogP contribution >= 0.6 is 0 Å². The summed E-state index contributed by atoms with van der Waals surface area (Å²) in [5.41, 5.74) is 6.07. The molecule has 1 saturated heterocycles. The SMILES string of the molecule is Cc1cc2nc(C3CC[NH+](Cc4nnnn4Cc4ccccc4)CC3)[nH]c2cc1C. The molecule has 5 rings (SSSR count). The number of aryl methyl sites for hydroxylation is 2. The average Bonchev–Trinajstić information content (AvgIpc) is 3.36. The molecule has 2 aromatic heterocycles. The van der Waals surface area contributed by atoms with Gasteiger partial charge in [-0.1, -0.05) is 30.3 Å². The molecule has 0 bridgehead atoms. The van der Waals surface area contributed by atoms with Crippen molar-refractivity contribution in [2.45, 2.75) is 45.7 Å². The molecule has 3 heterocycles. The third-order valence-electron chi connectivity index (χ3n) is 6.38. The van der Waals surface area contributed by atoms with Gasteiger partial charge in [-0.15, -0.1) is 5.10 Å². The Labute approximate surface area is 176 Å². The lowest BCUT2D eigenvalue weighted by Crippen LogP contribution is -3.11. The molecule has 7 nitrogen and oxygen atoms in total. The zero-order chi connectivity index (χ0) is 20.5. The molecule has 0 unspecified atom stereocenters. The second kappa shape index (κ2) is 7.99. The first-order valence-corrected chi connectivity index (χ1v) is 10.7. The number of likely N-dealkylation sites (tertiary alicyclic amines) is 1. The molecule has 154 valence electrons. The zero-order valence-corrected chi connectivity index (χ0v) is 17.6. The second-order valence-corrected chi connectivity index (χ2v) is 8.52. The Kier molecular flexibility index (Phi) is 5.04. The molecular formula is C23H28N7+. The molecule has 2 aromatic carbocycles. The minimum absolute atomic E-state index is 0.502. The number of piperidine rings is 1. The van der Waals surface area contributed by atoms with E-state index in [1.54, 1.807) is 0 Å². The smallest absolute Gasteiger partial charge is 0.206 e. The quantitative estimate of drug-likeness (QED) is 0.536. The number of quaternary nitrogens is 1. The molecule has 2 N–H and O–H groups in total. The Hall–Kier alpha value is -3.06. The van der Waals surface area contributed by atoms with Gasteiger partial charge in [0.1, 0.15) is 12.4 Å². The molecule has 30 heavy (non-hydrogen) atoms. The molecular weight excluding hydrogens is 374 g/mol. The van der Waals surface area contributed by atoms with Gasteiger partial charge in [-0.25, -0.2) is 9.67 Å². The van der Waals surface area contributed by atoms with E-state index in [9.17, 15) is 0 Å². The van der Waals surface area contributed by atoms with Gasteiger partial charge >= 0.3 is 0 Å². The lowest BCUT2D eigenvalue weighted by molar-refractivity contribution is -0.919. The number of rotatable bonds is 5. The van der Waals surface area contributed by atoms with E-state index in [1.807, 2.05) is 10.7 Å². The van der Waals surface area contributed by atoms with Gasteiger partial charge in [0.15, 0.2) is 0 Å². The molecule has 1 aliphatic rings. The van der Waals surface area contributed by atoms with E-state index >= 15 is 0 Å². The predicted molar refractivity (Wildman–Crippen MR) is 115 cm³/mol. The van der Waals surface area contributed by atoms with E-state index in [4.69, 9.17) is 4.98 Å². The van der Waals surface area contributed by atoms with Crippen LogP contribution in [0.25, 0.3) is 11.0 Å². The van der Waals surface area contributed by atoms with Gasteiger partial charge in [0.25, 0.3) is 0 Å². The van der Waals surface area contributed by atoms with Gasteiger partial charge in [0, 0.05) is 18.8 Å². The van der Waals surface area contributed by atoms with Gasteiger partial charge < -0.3 is 9.88 Å². The average molecular weight is 403 g/mol. The predicted octanol–water partition coefficient (Wildman–Crippen LogP) is 2.18. The largest absolute Gasteiger partial charge is 0.342 e. The standard InChI is InChI=1S/C23H27N7/c1-16-12-20-21(13-17(16)2)25-23(24-20)19-8-10-29(11-9-19)15-22-26-27-28-30(22)14-18-6-4-3-5-7-18/h3-7,12-13,19H,8-11,14-15H2,1-2H3,(H,24,25)/p+1. The highest BCUT2D eigenvalue weighted by Crippen LogP contribution is 2.25. The maximum absolute atomic E-state index is 4.90. The topological polar surface area (TPSA) is 76.7 Å². The summed E-state index contributed by atoms with van der Waals surface area (Å²) in [6.07, 6.45) is 2.26. The number of aromatic amines is 1. The number of imidazole rings is 1. The van der Waals surface area contributed by atoms with Crippen molar-refractivity contribution in [3.8, 4) is 0 Å². The van der Waals surface area contributed by atoms with Gasteiger partial charge in [-0.05, 0) is 53.1 Å². The summed E-state index contributed by atoms with van der Waals surface area (Å²) in [6.45, 7) is 8.11. The summed E-state index contributed by atoms with van der Waals surface area (Å²) < 4.78 is 1.93. The van der Waals surface area contributed by atoms with E-state index in [1.165, 1.54) is 21.6 Å². The molecule has 1 aliphatic heterocycles. The summed E-state index contributed by atoms with van der Waals surface area (Å²) in [4.78, 5) is 10.0. The Bertz CT molecular complexity index is 1100. The number of benzene rings is 2. The summed E-state index contributed by atoms with van der Waals surface area (Å²) in [6, 6.07) is 14.8. The van der Waals surface area contributed by atoms with Crippen molar-refractivity contribution in [1.82, 2.24) is 30.2 Å². The van der Waals surface area contributed by atoms with Crippen LogP contribution in [0.3, 0.4) is 0 Å². The maximum atomic E-state index is 4.90. The fraction of sp³-hybridized carbons (Fsp3) is 0.391. The van der Waals surface area contributed by atoms with Crippen LogP contribution in [0.2, 0.25) is 0 Å². The fourth-order valence-electron chi connectivity index (χ4n) is 4.41. The number of hydrogen-bond acceptors (Lipinski definition) is 4. The fourth-order valence-corrected chi connectivity index (χ4v) is 4.41. The van der Waals surface area contributed by atoms with Crippen molar-refractivity contribution in [2.24, 2.45) is 0 Å². The number of fused-ring (bicyclic) bond motifs is 1. The second-order valence-electron chi connectivity index (χ2n) is 8.52. The summed E-state index contributed by atoms with van der Waals surface area (Å²) in [7, 11) is 0. The molecule has 0 atom stereocenters. The van der Waals surface area contributed by atoms with Crippen LogP contribution in [-0.4, -0.2) is 43.3 Å². The van der Waals surface area contributed by atoms with E-state index in [0.29, 0.717) is 5.92 Å². The molecule has 0 aliphatic carbocycles. The van der Waals surface area contributed by atoms with E-state index in [2.05, 4.69) is 70.8 Å². The van der Waals surface area contributed by atoms with E-state index in [-0.39, 0.29) is 0 Å². The molecule has 7 heteroatoms. The Morgan fingerprint density at radius 2 is 1.83 bits per heavy atom. The van der Waals surface area contributed by atoms with Gasteiger partial charge in [-0.3, -0.25) is 0 Å². The van der Waals surface area contributed by atoms with Crippen LogP contribution in [0.5, 0.6) is 0 Å². The summed E-state index contributed by atoms with van der Waals surface area (Å²) >= 11 is 0. The van der Waals surface area contributed by atoms with Crippen molar-refractivity contribution in [1.29, 1.82) is 0 Å². The van der Waals surface area contributed by atoms with Gasteiger partial charge in [0.2, 0.25) is 5.82 Å². The normalized spacial score (nSPS) is 19.4. The highest BCUT2D eigenvalue weighted by molar-refractivity contribution is 5.77. The van der Waals surface area contributed by atoms with E-state index in [0.717, 1.165) is 61.7 Å². The first kappa shape index (κ1) is 18.9. The monoisotopic (exact) mass is 402 g/mol. The van der Waals surface area contributed by atoms with Gasteiger partial charge in [0.05, 0.1) is 30.7 Å². The zero-order valence-electron chi connectivity index (χ0n) is 17.6. The number of hydrogen-bond donors (Lipinski definition) is 2. The van der Waals surface area contributed by atoms with E-state index < -0.39 is 0 Å². The van der Waals surface area contributed by atoms with Crippen molar-refractivity contribution in [3.63, 3.8) is 0 Å². The minimum Gasteiger partial charge on any atom is -0.342 e. The molecule has 0 amide bonds. The number of nitrogens with zero attached hydrogens (tertiary/aromatic N) is 5. The van der Waals surface area contributed by atoms with Crippen molar-refractivity contribution in [2.75, 3.05) is 13.1 Å². The summed E-state index contributed by atoms with van der Waals surface area (Å²) in [5, 5.41) is 12.4. The van der Waals surface area contributed by atoms with Crippen LogP contribution in [-0.2, 0) is 13.1 Å². The van der Waals surface area contributed by atoms with Crippen molar-refractivity contribution < 1.29 is 4.90 Å². The third-order valence-corrected chi connectivity index (χ3v) is 6.38. The van der Waals surface area contributed by atoms with Crippen LogP contribution in [0.15, 0.2) is 42.5 Å². The molecule has 0 radical (unpaired) electrons. The number of H-pyrrole nitrogens is 1. The first-order valence-electron chi connectivity index (χ1n) is 10.7. The maximum Gasteiger partial charge on any atom is 0.206 e. The third kappa shape index (κ3) is 3.85. The van der Waals surface area contributed by atoms with Crippen molar-refractivity contribution >= 4 is 11.0 Å². The van der Waals surface area contributed by atoms with Crippen LogP contribution < -0.4 is 4.90 Å². The highest BCUT2D eigenvalue weighted by Gasteiger charge is 2.27. The minimum atomic E-state index is 0.502. The molecule has 1 fully saturated rings. The highest BCUT2D eigenvalue weighted by atomic mass is 15.5. The molecule has 4 aromatic rings. The number of aromatic nitrogens is 6. The van der Waals surface area contributed by atoms with Crippen molar-refractivity contribution in [3.05, 3.63) is 70.8 Å². The number of tetrazole rings is 1. The van der Waals surface area contributed by atoms with Crippen LogP contribution in [0, 0.1) is 13.8 Å².